The van der Waals surface area contributed by atoms with Gasteiger partial charge in [-0.25, -0.2) is 9.96 Å². The molecular formula is C23H15BrCl2N2O4. The lowest BCUT2D eigenvalue weighted by Gasteiger charge is -2.29. The average Bonchev–Trinajstić information content (AvgIpc) is 3.27. The number of rotatable bonds is 3. The minimum Gasteiger partial charge on any atom is -0.508 e. The number of halogens is 3. The standard InChI is InChI=1S/C23H15BrCl2N2O4/c24-12-1-10-18(29)17(11-12)20-19-21(32-28(20)16-8-4-14(26)5-9-16)23(31)27(22(19)30)15-6-2-13(25)3-7-15/h1-11,19-21,29H. The van der Waals surface area contributed by atoms with E-state index in [0.29, 0.717) is 27.0 Å². The van der Waals surface area contributed by atoms with Crippen molar-refractivity contribution in [1.29, 1.82) is 0 Å². The van der Waals surface area contributed by atoms with E-state index >= 15 is 0 Å². The summed E-state index contributed by atoms with van der Waals surface area (Å²) < 4.78 is 0.719. The van der Waals surface area contributed by atoms with E-state index in [2.05, 4.69) is 15.9 Å². The molecule has 3 aromatic rings. The van der Waals surface area contributed by atoms with Crippen LogP contribution in [0.5, 0.6) is 5.75 Å². The number of hydrogen-bond donors (Lipinski definition) is 1. The van der Waals surface area contributed by atoms with Gasteiger partial charge in [0.25, 0.3) is 5.91 Å². The van der Waals surface area contributed by atoms with Crippen molar-refractivity contribution in [3.63, 3.8) is 0 Å². The van der Waals surface area contributed by atoms with Crippen LogP contribution >= 0.6 is 39.1 Å². The van der Waals surface area contributed by atoms with Crippen molar-refractivity contribution in [3.05, 3.63) is 86.8 Å². The molecule has 2 amide bonds. The van der Waals surface area contributed by atoms with Crippen LogP contribution in [0.25, 0.3) is 0 Å². The van der Waals surface area contributed by atoms with E-state index in [1.165, 1.54) is 11.1 Å². The molecule has 2 aliphatic heterocycles. The van der Waals surface area contributed by atoms with Gasteiger partial charge in [0.1, 0.15) is 11.7 Å². The van der Waals surface area contributed by atoms with E-state index in [1.807, 2.05) is 0 Å². The smallest absolute Gasteiger partial charge is 0.266 e. The molecule has 0 bridgehead atoms. The quantitative estimate of drug-likeness (QED) is 0.449. The number of fused-ring (bicyclic) bond motifs is 1. The van der Waals surface area contributed by atoms with Crippen LogP contribution in [0.3, 0.4) is 0 Å². The van der Waals surface area contributed by atoms with Crippen LogP contribution in [0, 0.1) is 5.92 Å². The van der Waals surface area contributed by atoms with Crippen LogP contribution in [0.2, 0.25) is 10.0 Å². The van der Waals surface area contributed by atoms with Crippen LogP contribution in [0.15, 0.2) is 71.2 Å². The van der Waals surface area contributed by atoms with Gasteiger partial charge in [0.05, 0.1) is 17.4 Å². The van der Waals surface area contributed by atoms with Gasteiger partial charge >= 0.3 is 0 Å². The summed E-state index contributed by atoms with van der Waals surface area (Å²) in [7, 11) is 0. The molecule has 2 fully saturated rings. The monoisotopic (exact) mass is 532 g/mol. The molecular weight excluding hydrogens is 519 g/mol. The van der Waals surface area contributed by atoms with Gasteiger partial charge in [-0.05, 0) is 66.7 Å². The van der Waals surface area contributed by atoms with Crippen molar-refractivity contribution in [2.75, 3.05) is 9.96 Å². The zero-order valence-electron chi connectivity index (χ0n) is 16.3. The Hall–Kier alpha value is -2.58. The summed E-state index contributed by atoms with van der Waals surface area (Å²) in [4.78, 5) is 34.0. The summed E-state index contributed by atoms with van der Waals surface area (Å²) in [5, 5.41) is 13.2. The molecule has 9 heteroatoms. The highest BCUT2D eigenvalue weighted by molar-refractivity contribution is 9.10. The molecule has 2 saturated heterocycles. The van der Waals surface area contributed by atoms with Crippen LogP contribution in [-0.4, -0.2) is 23.0 Å². The molecule has 0 aliphatic carbocycles. The van der Waals surface area contributed by atoms with Crippen LogP contribution < -0.4 is 9.96 Å². The zero-order chi connectivity index (χ0) is 22.6. The van der Waals surface area contributed by atoms with Crippen LogP contribution in [-0.2, 0) is 14.4 Å². The predicted octanol–water partition coefficient (Wildman–Crippen LogP) is 5.51. The molecule has 5 rings (SSSR count). The summed E-state index contributed by atoms with van der Waals surface area (Å²) in [6, 6.07) is 17.5. The Labute approximate surface area is 202 Å². The van der Waals surface area contributed by atoms with E-state index in [0.717, 1.165) is 9.37 Å². The molecule has 0 spiro atoms. The number of imide groups is 1. The number of hydroxylamine groups is 1. The van der Waals surface area contributed by atoms with Crippen molar-refractivity contribution >= 4 is 62.3 Å². The van der Waals surface area contributed by atoms with Gasteiger partial charge in [0.2, 0.25) is 5.91 Å². The van der Waals surface area contributed by atoms with Gasteiger partial charge < -0.3 is 5.11 Å². The Morgan fingerprint density at radius 3 is 2.06 bits per heavy atom. The fourth-order valence-electron chi connectivity index (χ4n) is 4.15. The van der Waals surface area contributed by atoms with Gasteiger partial charge in [-0.2, -0.15) is 0 Å². The zero-order valence-corrected chi connectivity index (χ0v) is 19.4. The minimum atomic E-state index is -1.04. The highest BCUT2D eigenvalue weighted by Gasteiger charge is 2.60. The molecule has 2 heterocycles. The maximum Gasteiger partial charge on any atom is 0.266 e. The number of nitrogens with zero attached hydrogens (tertiary/aromatic N) is 2. The second kappa shape index (κ2) is 8.08. The summed E-state index contributed by atoms with van der Waals surface area (Å²) in [5.41, 5.74) is 1.48. The Kier molecular flexibility index (Phi) is 5.37. The van der Waals surface area contributed by atoms with E-state index in [4.69, 9.17) is 28.0 Å². The minimum absolute atomic E-state index is 0.00777. The molecule has 0 saturated carbocycles. The molecule has 0 aromatic heterocycles. The second-order valence-corrected chi connectivity index (χ2v) is 9.28. The van der Waals surface area contributed by atoms with Crippen molar-refractivity contribution in [1.82, 2.24) is 0 Å². The van der Waals surface area contributed by atoms with E-state index < -0.39 is 29.9 Å². The molecule has 6 nitrogen and oxygen atoms in total. The number of carbonyl (C=O) groups excluding carboxylic acids is 2. The fourth-order valence-corrected chi connectivity index (χ4v) is 4.78. The SMILES string of the molecule is O=C1C2ON(c3ccc(Cl)cc3)C(c3cc(Br)ccc3O)C2C(=O)N1c1ccc(Cl)cc1. The molecule has 32 heavy (non-hydrogen) atoms. The molecule has 2 aliphatic rings. The van der Waals surface area contributed by atoms with E-state index in [-0.39, 0.29) is 5.75 Å². The molecule has 0 radical (unpaired) electrons. The molecule has 3 unspecified atom stereocenters. The first-order chi connectivity index (χ1) is 15.3. The maximum absolute atomic E-state index is 13.5. The van der Waals surface area contributed by atoms with E-state index in [1.54, 1.807) is 60.7 Å². The Bertz CT molecular complexity index is 1220. The third-order valence-electron chi connectivity index (χ3n) is 5.59. The fraction of sp³-hybridized carbons (Fsp3) is 0.130. The van der Waals surface area contributed by atoms with Gasteiger partial charge in [0, 0.05) is 20.1 Å². The van der Waals surface area contributed by atoms with Gasteiger partial charge in [-0.15, -0.1) is 0 Å². The Morgan fingerprint density at radius 1 is 0.844 bits per heavy atom. The lowest BCUT2D eigenvalue weighted by atomic mass is 9.90. The number of phenolic OH excluding ortho intramolecular Hbond substituents is 1. The third-order valence-corrected chi connectivity index (χ3v) is 6.59. The highest BCUT2D eigenvalue weighted by atomic mass is 79.9. The summed E-state index contributed by atoms with van der Waals surface area (Å²) >= 11 is 15.4. The number of hydrogen-bond acceptors (Lipinski definition) is 5. The molecule has 3 aromatic carbocycles. The van der Waals surface area contributed by atoms with Gasteiger partial charge in [-0.3, -0.25) is 14.4 Å². The number of anilines is 2. The van der Waals surface area contributed by atoms with Crippen molar-refractivity contribution in [3.8, 4) is 5.75 Å². The first-order valence-electron chi connectivity index (χ1n) is 9.68. The van der Waals surface area contributed by atoms with Crippen LogP contribution in [0.1, 0.15) is 11.6 Å². The van der Waals surface area contributed by atoms with Crippen molar-refractivity contribution in [2.24, 2.45) is 5.92 Å². The first-order valence-corrected chi connectivity index (χ1v) is 11.2. The van der Waals surface area contributed by atoms with Crippen molar-refractivity contribution < 1.29 is 19.5 Å². The largest absolute Gasteiger partial charge is 0.508 e. The van der Waals surface area contributed by atoms with Crippen molar-refractivity contribution in [2.45, 2.75) is 12.1 Å². The van der Waals surface area contributed by atoms with E-state index in [9.17, 15) is 14.7 Å². The number of amides is 2. The van der Waals surface area contributed by atoms with Gasteiger partial charge in [-0.1, -0.05) is 39.1 Å². The van der Waals surface area contributed by atoms with Crippen LogP contribution in [0.4, 0.5) is 11.4 Å². The number of benzene rings is 3. The normalized spacial score (nSPS) is 22.5. The lowest BCUT2D eigenvalue weighted by molar-refractivity contribution is -0.126. The number of phenols is 1. The topological polar surface area (TPSA) is 70.1 Å². The highest BCUT2D eigenvalue weighted by Crippen LogP contribution is 2.49. The molecule has 3 atom stereocenters. The Morgan fingerprint density at radius 2 is 1.44 bits per heavy atom. The molecule has 1 N–H and O–H groups in total. The summed E-state index contributed by atoms with van der Waals surface area (Å²) in [6.07, 6.45) is -1.04. The Balaban J connectivity index is 1.61. The third kappa shape index (κ3) is 3.46. The summed E-state index contributed by atoms with van der Waals surface area (Å²) in [5.74, 6) is -1.76. The molecule has 162 valence electrons. The number of aromatic hydroxyl groups is 1. The number of carbonyl (C=O) groups is 2. The van der Waals surface area contributed by atoms with Gasteiger partial charge in [0.15, 0.2) is 6.10 Å². The second-order valence-electron chi connectivity index (χ2n) is 7.49. The average molecular weight is 534 g/mol. The first kappa shape index (κ1) is 21.3. The summed E-state index contributed by atoms with van der Waals surface area (Å²) in [6.45, 7) is 0. The predicted molar refractivity (Wildman–Crippen MR) is 125 cm³/mol. The lowest BCUT2D eigenvalue weighted by Crippen LogP contribution is -2.37. The maximum atomic E-state index is 13.5.